The molecule has 6 rings (SSSR count). The molecule has 0 atom stereocenters. The quantitative estimate of drug-likeness (QED) is 0.208. The van der Waals surface area contributed by atoms with Crippen molar-refractivity contribution < 1.29 is 17.1 Å². The molecule has 181 valence electrons. The maximum Gasteiger partial charge on any atom is 2.00 e. The average Bonchev–Trinajstić information content (AvgIpc) is 3.33. The van der Waals surface area contributed by atoms with E-state index in [-0.39, 0.29) is 17.1 Å². The van der Waals surface area contributed by atoms with Crippen molar-refractivity contribution in [1.82, 2.24) is 9.88 Å². The molecule has 3 heterocycles. The molecule has 4 aromatic rings. The van der Waals surface area contributed by atoms with E-state index in [9.17, 15) is 0 Å². The number of rotatable bonds is 3. The van der Waals surface area contributed by atoms with Crippen LogP contribution in [0.15, 0.2) is 127 Å². The van der Waals surface area contributed by atoms with Crippen LogP contribution in [0.2, 0.25) is 0 Å². The standard InChI is InChI=1S/C18H15P.C11H10N3.CN.Cu/c1-4-10-16(11-5-1)19(17-12-6-2-7-13-17)18-14-8-3-9-15-18;1-13-7-10-5-4-9-3-2-6-12-11(9)14(10)8-13;1-2;/h1-15H;2-8H,1H3;;/q;2*-1;+2/p+1. The molecule has 0 fully saturated rings. The topological polar surface area (TPSA) is 43.2 Å². The Labute approximate surface area is 225 Å². The van der Waals surface area contributed by atoms with Crippen LogP contribution in [0.25, 0.3) is 6.08 Å². The second kappa shape index (κ2) is 13.4. The van der Waals surface area contributed by atoms with Crippen molar-refractivity contribution in [1.29, 1.82) is 5.26 Å². The van der Waals surface area contributed by atoms with Crippen molar-refractivity contribution in [2.45, 2.75) is 0 Å². The molecule has 3 aromatic carbocycles. The van der Waals surface area contributed by atoms with Crippen molar-refractivity contribution in [2.24, 2.45) is 0 Å². The van der Waals surface area contributed by atoms with Gasteiger partial charge in [-0.15, -0.1) is 6.67 Å². The first-order chi connectivity index (χ1) is 17.3. The molecule has 2 aliphatic heterocycles. The number of allylic oxidation sites excluding steroid dienone is 1. The fourth-order valence-electron chi connectivity index (χ4n) is 4.08. The van der Waals surface area contributed by atoms with Crippen LogP contribution >= 0.6 is 7.92 Å². The number of pyridine rings is 1. The number of hydrogen-bond donors (Lipinski definition) is 0. The van der Waals surface area contributed by atoms with Gasteiger partial charge in [-0.25, -0.2) is 4.98 Å². The molecule has 6 heteroatoms. The van der Waals surface area contributed by atoms with Gasteiger partial charge in [0, 0.05) is 17.5 Å². The van der Waals surface area contributed by atoms with Gasteiger partial charge in [0.15, 0.2) is 0 Å². The SMILES string of the molecule is CN1C=C2C=Cc3cccnc3N2[CH-]1.[C-]#N.[Cu+2].c1ccc([PH+](c2ccccc2)c2ccccc2)cc1. The third-order valence-corrected chi connectivity index (χ3v) is 8.31. The van der Waals surface area contributed by atoms with E-state index in [1.54, 1.807) is 0 Å². The van der Waals surface area contributed by atoms with Crippen LogP contribution in [0.3, 0.4) is 0 Å². The van der Waals surface area contributed by atoms with E-state index in [0.29, 0.717) is 0 Å². The van der Waals surface area contributed by atoms with Crippen LogP contribution in [0.5, 0.6) is 0 Å². The second-order valence-corrected chi connectivity index (χ2v) is 10.4. The Morgan fingerprint density at radius 2 is 1.22 bits per heavy atom. The molecular weight excluding hydrogens is 511 g/mol. The van der Waals surface area contributed by atoms with E-state index >= 15 is 0 Å². The average molecular weight is 537 g/mol. The summed E-state index contributed by atoms with van der Waals surface area (Å²) in [5, 5.41) is 10.6. The Morgan fingerprint density at radius 1 is 0.722 bits per heavy atom. The summed E-state index contributed by atoms with van der Waals surface area (Å²) in [6, 6.07) is 36.5. The Bertz CT molecular complexity index is 1210. The molecule has 0 aliphatic carbocycles. The van der Waals surface area contributed by atoms with E-state index in [4.69, 9.17) is 11.8 Å². The van der Waals surface area contributed by atoms with Gasteiger partial charge in [-0.05, 0) is 73.9 Å². The van der Waals surface area contributed by atoms with E-state index in [1.165, 1.54) is 21.6 Å². The third-order valence-electron chi connectivity index (χ3n) is 5.58. The number of nitrogens with zero attached hydrogens (tertiary/aromatic N) is 4. The minimum absolute atomic E-state index is 0. The predicted octanol–water partition coefficient (Wildman–Crippen LogP) is 5.09. The van der Waals surface area contributed by atoms with Gasteiger partial charge in [-0.1, -0.05) is 54.6 Å². The Kier molecular flexibility index (Phi) is 10.0. The zero-order valence-electron chi connectivity index (χ0n) is 19.8. The monoisotopic (exact) mass is 536 g/mol. The van der Waals surface area contributed by atoms with Crippen LogP contribution in [0, 0.1) is 18.5 Å². The molecule has 0 saturated carbocycles. The number of benzene rings is 3. The van der Waals surface area contributed by atoms with E-state index in [0.717, 1.165) is 11.4 Å². The van der Waals surface area contributed by atoms with Gasteiger partial charge in [0.2, 0.25) is 0 Å². The summed E-state index contributed by atoms with van der Waals surface area (Å²) in [7, 11) is 1.14. The van der Waals surface area contributed by atoms with E-state index in [1.807, 2.05) is 30.9 Å². The fraction of sp³-hybridized carbons (Fsp3) is 0.0333. The first kappa shape index (κ1) is 26.9. The molecule has 0 spiro atoms. The molecule has 36 heavy (non-hydrogen) atoms. The summed E-state index contributed by atoms with van der Waals surface area (Å²) >= 11 is 0. The molecule has 2 aliphatic rings. The van der Waals surface area contributed by atoms with Crippen molar-refractivity contribution in [3.8, 4) is 0 Å². The van der Waals surface area contributed by atoms with Crippen LogP contribution in [-0.2, 0) is 17.1 Å². The second-order valence-electron chi connectivity index (χ2n) is 7.93. The minimum atomic E-state index is -0.877. The minimum Gasteiger partial charge on any atom is -0.512 e. The zero-order valence-corrected chi connectivity index (χ0v) is 21.7. The molecule has 4 nitrogen and oxygen atoms in total. The van der Waals surface area contributed by atoms with Crippen LogP contribution < -0.4 is 20.8 Å². The van der Waals surface area contributed by atoms with Gasteiger partial charge >= 0.3 is 17.1 Å². The Hall–Kier alpha value is -3.67. The molecule has 0 unspecified atom stereocenters. The van der Waals surface area contributed by atoms with E-state index in [2.05, 4.69) is 125 Å². The smallest absolute Gasteiger partial charge is 0.512 e. The maximum atomic E-state index is 6.25. The van der Waals surface area contributed by atoms with Gasteiger partial charge in [0.1, 0.15) is 21.7 Å². The fourth-order valence-corrected chi connectivity index (χ4v) is 6.66. The van der Waals surface area contributed by atoms with Crippen LogP contribution in [-0.4, -0.2) is 16.9 Å². The summed E-state index contributed by atoms with van der Waals surface area (Å²) in [4.78, 5) is 8.50. The van der Waals surface area contributed by atoms with Crippen molar-refractivity contribution in [3.63, 3.8) is 0 Å². The number of anilines is 1. The molecule has 1 aromatic heterocycles. The molecule has 0 N–H and O–H groups in total. The number of aromatic nitrogens is 1. The predicted molar refractivity (Wildman–Crippen MR) is 147 cm³/mol. The van der Waals surface area contributed by atoms with Crippen molar-refractivity contribution >= 4 is 35.7 Å². The third kappa shape index (κ3) is 6.30. The number of fused-ring (bicyclic) bond motifs is 3. The van der Waals surface area contributed by atoms with Gasteiger partial charge < -0.3 is 21.6 Å². The summed E-state index contributed by atoms with van der Waals surface area (Å²) in [6.07, 6.45) is 8.09. The van der Waals surface area contributed by atoms with E-state index < -0.39 is 7.92 Å². The van der Waals surface area contributed by atoms with Crippen molar-refractivity contribution in [3.05, 3.63) is 146 Å². The molecule has 0 saturated heterocycles. The van der Waals surface area contributed by atoms with Crippen LogP contribution in [0.1, 0.15) is 5.56 Å². The summed E-state index contributed by atoms with van der Waals surface area (Å²) < 4.78 is 0. The summed E-state index contributed by atoms with van der Waals surface area (Å²) in [6.45, 7) is 6.78. The van der Waals surface area contributed by atoms with Crippen molar-refractivity contribution in [2.75, 3.05) is 11.9 Å². The Balaban J connectivity index is 0.000000189. The van der Waals surface area contributed by atoms with Gasteiger partial charge in [-0.3, -0.25) is 0 Å². The maximum absolute atomic E-state index is 6.25. The van der Waals surface area contributed by atoms with Crippen LogP contribution in [0.4, 0.5) is 5.82 Å². The Morgan fingerprint density at radius 3 is 1.72 bits per heavy atom. The number of hydrogen-bond acceptors (Lipinski definition) is 4. The summed E-state index contributed by atoms with van der Waals surface area (Å²) in [5.41, 5.74) is 2.33. The zero-order chi connectivity index (χ0) is 24.5. The molecular formula is C30H26CuN4P+. The molecule has 0 amide bonds. The molecule has 1 radical (unpaired) electrons. The normalized spacial score (nSPS) is 12.6. The summed E-state index contributed by atoms with van der Waals surface area (Å²) in [5.74, 6) is 1.01. The first-order valence-corrected chi connectivity index (χ1v) is 12.8. The molecule has 0 bridgehead atoms. The van der Waals surface area contributed by atoms with Gasteiger partial charge in [0.05, 0.1) is 7.92 Å². The first-order valence-electron chi connectivity index (χ1n) is 11.3. The largest absolute Gasteiger partial charge is 2.00 e. The van der Waals surface area contributed by atoms with Gasteiger partial charge in [-0.2, -0.15) is 0 Å². The van der Waals surface area contributed by atoms with Gasteiger partial charge in [0.25, 0.3) is 0 Å².